The second-order valence-corrected chi connectivity index (χ2v) is 4.63. The van der Waals surface area contributed by atoms with Crippen molar-refractivity contribution in [3.63, 3.8) is 0 Å². The molecule has 6 heteroatoms. The van der Waals surface area contributed by atoms with Crippen molar-refractivity contribution in [3.8, 4) is 11.5 Å². The van der Waals surface area contributed by atoms with Crippen LogP contribution >= 0.6 is 34.1 Å². The zero-order chi connectivity index (χ0) is 8.55. The Kier molecular flexibility index (Phi) is 2.09. The summed E-state index contributed by atoms with van der Waals surface area (Å²) in [6, 6.07) is 0. The number of hydrogen-bond donors (Lipinski definition) is 0. The van der Waals surface area contributed by atoms with E-state index in [9.17, 15) is 0 Å². The maximum absolute atomic E-state index is 5.04. The molecule has 0 atom stereocenters. The van der Waals surface area contributed by atoms with Gasteiger partial charge in [-0.2, -0.15) is 4.37 Å². The molecule has 2 rings (SSSR count). The van der Waals surface area contributed by atoms with Crippen LogP contribution in [0, 0.1) is 9.94 Å². The van der Waals surface area contributed by atoms with Gasteiger partial charge in [-0.25, -0.2) is 9.97 Å². The van der Waals surface area contributed by atoms with Crippen LogP contribution in [0.1, 0.15) is 5.89 Å². The Labute approximate surface area is 86.4 Å². The Morgan fingerprint density at radius 2 is 2.33 bits per heavy atom. The molecule has 0 amide bonds. The standard InChI is InChI=1S/C6H4IN3OS/c1-3-8-4(2-11-3)5-9-6(7)12-10-5/h2H,1H3. The lowest BCUT2D eigenvalue weighted by molar-refractivity contribution is 0.521. The normalized spacial score (nSPS) is 10.5. The third kappa shape index (κ3) is 1.48. The van der Waals surface area contributed by atoms with E-state index in [0.717, 1.165) is 3.01 Å². The van der Waals surface area contributed by atoms with E-state index in [4.69, 9.17) is 4.42 Å². The van der Waals surface area contributed by atoms with E-state index in [1.54, 1.807) is 13.2 Å². The van der Waals surface area contributed by atoms with Crippen LogP contribution in [0.4, 0.5) is 0 Å². The van der Waals surface area contributed by atoms with Crippen LogP contribution in [-0.4, -0.2) is 14.3 Å². The van der Waals surface area contributed by atoms with E-state index in [2.05, 4.69) is 36.9 Å². The molecule has 0 N–H and O–H groups in total. The molecule has 0 bridgehead atoms. The Hall–Kier alpha value is -0.500. The van der Waals surface area contributed by atoms with Crippen LogP contribution in [0.5, 0.6) is 0 Å². The fourth-order valence-electron chi connectivity index (χ4n) is 0.775. The molecule has 0 saturated carbocycles. The van der Waals surface area contributed by atoms with Crippen molar-refractivity contribution < 1.29 is 4.42 Å². The topological polar surface area (TPSA) is 51.8 Å². The molecule has 0 spiro atoms. The van der Waals surface area contributed by atoms with Crippen molar-refractivity contribution in [2.45, 2.75) is 6.92 Å². The van der Waals surface area contributed by atoms with Gasteiger partial charge in [-0.05, 0) is 34.1 Å². The van der Waals surface area contributed by atoms with Crippen molar-refractivity contribution in [1.29, 1.82) is 0 Å². The summed E-state index contributed by atoms with van der Waals surface area (Å²) in [5.41, 5.74) is 0.701. The first-order valence-corrected chi connectivity index (χ1v) is 5.02. The molecule has 0 radical (unpaired) electrons. The fourth-order valence-corrected chi connectivity index (χ4v) is 1.72. The predicted octanol–water partition coefficient (Wildman–Crippen LogP) is 2.11. The van der Waals surface area contributed by atoms with Gasteiger partial charge in [0.25, 0.3) is 0 Å². The minimum atomic E-state index is 0.634. The molecular weight excluding hydrogens is 289 g/mol. The summed E-state index contributed by atoms with van der Waals surface area (Å²) in [7, 11) is 0. The third-order valence-corrected chi connectivity index (χ3v) is 2.59. The number of aromatic nitrogens is 3. The van der Waals surface area contributed by atoms with E-state index in [-0.39, 0.29) is 0 Å². The van der Waals surface area contributed by atoms with Crippen LogP contribution < -0.4 is 0 Å². The highest BCUT2D eigenvalue weighted by atomic mass is 127. The quantitative estimate of drug-likeness (QED) is 0.756. The number of nitrogens with zero attached hydrogens (tertiary/aromatic N) is 3. The Bertz CT molecular complexity index is 359. The van der Waals surface area contributed by atoms with E-state index >= 15 is 0 Å². The molecule has 2 aromatic heterocycles. The molecule has 0 aliphatic heterocycles. The number of oxazole rings is 1. The smallest absolute Gasteiger partial charge is 0.195 e. The minimum absolute atomic E-state index is 0.634. The molecular formula is C6H4IN3OS. The first kappa shape index (κ1) is 8.11. The molecule has 4 nitrogen and oxygen atoms in total. The van der Waals surface area contributed by atoms with Crippen molar-refractivity contribution in [2.24, 2.45) is 0 Å². The third-order valence-electron chi connectivity index (χ3n) is 1.25. The second-order valence-electron chi connectivity index (χ2n) is 2.12. The van der Waals surface area contributed by atoms with E-state index in [1.807, 2.05) is 0 Å². The SMILES string of the molecule is Cc1nc(-c2nsc(I)n2)co1. The summed E-state index contributed by atoms with van der Waals surface area (Å²) in [6.07, 6.45) is 1.56. The molecule has 0 saturated heterocycles. The number of rotatable bonds is 1. The summed E-state index contributed by atoms with van der Waals surface area (Å²) in [4.78, 5) is 8.27. The maximum atomic E-state index is 5.04. The van der Waals surface area contributed by atoms with E-state index in [1.165, 1.54) is 11.5 Å². The van der Waals surface area contributed by atoms with Crippen molar-refractivity contribution in [1.82, 2.24) is 14.3 Å². The van der Waals surface area contributed by atoms with Gasteiger partial charge in [-0.3, -0.25) is 0 Å². The molecule has 0 fully saturated rings. The molecule has 0 aliphatic rings. The maximum Gasteiger partial charge on any atom is 0.195 e. The number of hydrogen-bond acceptors (Lipinski definition) is 5. The van der Waals surface area contributed by atoms with Crippen molar-refractivity contribution in [2.75, 3.05) is 0 Å². The molecule has 2 aromatic rings. The Morgan fingerprint density at radius 3 is 2.83 bits per heavy atom. The van der Waals surface area contributed by atoms with Crippen LogP contribution in [0.2, 0.25) is 0 Å². The summed E-state index contributed by atoms with van der Waals surface area (Å²) >= 11 is 3.47. The minimum Gasteiger partial charge on any atom is -0.449 e. The highest BCUT2D eigenvalue weighted by Crippen LogP contribution is 2.17. The van der Waals surface area contributed by atoms with Crippen molar-refractivity contribution >= 4 is 34.1 Å². The Balaban J connectivity index is 2.43. The molecule has 12 heavy (non-hydrogen) atoms. The van der Waals surface area contributed by atoms with Gasteiger partial charge in [0.2, 0.25) is 0 Å². The van der Waals surface area contributed by atoms with Gasteiger partial charge in [0.15, 0.2) is 14.7 Å². The van der Waals surface area contributed by atoms with Gasteiger partial charge in [0.1, 0.15) is 12.0 Å². The average Bonchev–Trinajstić information content (AvgIpc) is 2.58. The van der Waals surface area contributed by atoms with Gasteiger partial charge in [0, 0.05) is 6.92 Å². The predicted molar refractivity (Wildman–Crippen MR) is 52.9 cm³/mol. The molecule has 0 unspecified atom stereocenters. The number of aryl methyl sites for hydroxylation is 1. The zero-order valence-electron chi connectivity index (χ0n) is 6.11. The summed E-state index contributed by atoms with van der Waals surface area (Å²) < 4.78 is 10.0. The monoisotopic (exact) mass is 293 g/mol. The fraction of sp³-hybridized carbons (Fsp3) is 0.167. The van der Waals surface area contributed by atoms with Gasteiger partial charge >= 0.3 is 0 Å². The lowest BCUT2D eigenvalue weighted by atomic mass is 10.5. The summed E-state index contributed by atoms with van der Waals surface area (Å²) in [5.74, 6) is 1.27. The van der Waals surface area contributed by atoms with E-state index < -0.39 is 0 Å². The molecule has 62 valence electrons. The lowest BCUT2D eigenvalue weighted by Crippen LogP contribution is -1.80. The highest BCUT2D eigenvalue weighted by molar-refractivity contribution is 14.1. The molecule has 0 aromatic carbocycles. The molecule has 0 aliphatic carbocycles. The second kappa shape index (κ2) is 3.09. The first-order valence-electron chi connectivity index (χ1n) is 3.17. The number of halogens is 1. The summed E-state index contributed by atoms with van der Waals surface area (Å²) in [6.45, 7) is 1.79. The molecule has 2 heterocycles. The lowest BCUT2D eigenvalue weighted by Gasteiger charge is -1.80. The van der Waals surface area contributed by atoms with Crippen molar-refractivity contribution in [3.05, 3.63) is 15.2 Å². The highest BCUT2D eigenvalue weighted by Gasteiger charge is 2.08. The van der Waals surface area contributed by atoms with Gasteiger partial charge in [-0.1, -0.05) is 0 Å². The van der Waals surface area contributed by atoms with Crippen LogP contribution in [0.3, 0.4) is 0 Å². The largest absolute Gasteiger partial charge is 0.449 e. The zero-order valence-corrected chi connectivity index (χ0v) is 9.09. The first-order chi connectivity index (χ1) is 5.75. The van der Waals surface area contributed by atoms with Gasteiger partial charge in [0.05, 0.1) is 0 Å². The van der Waals surface area contributed by atoms with Crippen LogP contribution in [0.15, 0.2) is 10.7 Å². The van der Waals surface area contributed by atoms with Gasteiger partial charge < -0.3 is 4.42 Å². The Morgan fingerprint density at radius 1 is 1.50 bits per heavy atom. The van der Waals surface area contributed by atoms with Crippen LogP contribution in [-0.2, 0) is 0 Å². The van der Waals surface area contributed by atoms with E-state index in [0.29, 0.717) is 17.4 Å². The van der Waals surface area contributed by atoms with Gasteiger partial charge in [-0.15, -0.1) is 0 Å². The average molecular weight is 293 g/mol. The van der Waals surface area contributed by atoms with Crippen LogP contribution in [0.25, 0.3) is 11.5 Å². The summed E-state index contributed by atoms with van der Waals surface area (Å²) in [5, 5.41) is 0.